The molecule has 2 fully saturated rings. The number of rotatable bonds is 6. The summed E-state index contributed by atoms with van der Waals surface area (Å²) >= 11 is 0. The summed E-state index contributed by atoms with van der Waals surface area (Å²) < 4.78 is 67.3. The number of fused-ring (bicyclic) bond motifs is 1. The summed E-state index contributed by atoms with van der Waals surface area (Å²) in [5.74, 6) is -4.48. The number of carbonyl (C=O) groups is 3. The van der Waals surface area contributed by atoms with E-state index >= 15 is 0 Å². The molecule has 40 heavy (non-hydrogen) atoms. The average molecular weight is 559 g/mol. The van der Waals surface area contributed by atoms with Crippen molar-refractivity contribution in [1.29, 1.82) is 0 Å². The first-order valence-corrected chi connectivity index (χ1v) is 12.1. The van der Waals surface area contributed by atoms with Gasteiger partial charge in [0.1, 0.15) is 5.69 Å². The fourth-order valence-electron chi connectivity index (χ4n) is 4.78. The number of nitrogens with one attached hydrogen (secondary N) is 1. The molecular formula is C27H22F5N5O3. The second-order valence-electron chi connectivity index (χ2n) is 9.62. The fourth-order valence-corrected chi connectivity index (χ4v) is 4.78. The van der Waals surface area contributed by atoms with Crippen LogP contribution in [0.15, 0.2) is 67.3 Å². The van der Waals surface area contributed by atoms with E-state index in [1.165, 1.54) is 26.6 Å². The molecule has 0 saturated carbocycles. The number of likely N-dealkylation sites (tertiary alicyclic amines) is 2. The van der Waals surface area contributed by atoms with Gasteiger partial charge in [0, 0.05) is 37.1 Å². The highest BCUT2D eigenvalue weighted by Crippen LogP contribution is 2.37. The Balaban J connectivity index is 1.50. The first-order valence-electron chi connectivity index (χ1n) is 12.1. The van der Waals surface area contributed by atoms with E-state index in [0.717, 1.165) is 12.1 Å². The average Bonchev–Trinajstić information content (AvgIpc) is 3.23. The first kappa shape index (κ1) is 27.0. The smallest absolute Gasteiger partial charge is 0.344 e. The van der Waals surface area contributed by atoms with Crippen molar-refractivity contribution in [3.63, 3.8) is 0 Å². The van der Waals surface area contributed by atoms with Gasteiger partial charge in [0.25, 0.3) is 17.7 Å². The van der Waals surface area contributed by atoms with Gasteiger partial charge in [-0.3, -0.25) is 19.1 Å². The third-order valence-electron chi connectivity index (χ3n) is 6.92. The first-order chi connectivity index (χ1) is 18.8. The van der Waals surface area contributed by atoms with Crippen LogP contribution in [0, 0.1) is 0 Å². The highest BCUT2D eigenvalue weighted by atomic mass is 19.4. The van der Waals surface area contributed by atoms with E-state index in [0.29, 0.717) is 22.2 Å². The molecule has 3 aromatic rings. The SMILES string of the molecule is C=C(F)C(=O)NC1CN(C(=O)c2cccc3c(-c4ccc(C(F)(F)F)cc4)nn(C4CN(C(=O)C(=C)F)C4)c23)C1. The monoisotopic (exact) mass is 559 g/mol. The summed E-state index contributed by atoms with van der Waals surface area (Å²) in [4.78, 5) is 39.7. The van der Waals surface area contributed by atoms with Crippen molar-refractivity contribution < 1.29 is 36.3 Å². The number of nitrogens with zero attached hydrogens (tertiary/aromatic N) is 4. The van der Waals surface area contributed by atoms with Gasteiger partial charge in [-0.1, -0.05) is 37.4 Å². The van der Waals surface area contributed by atoms with Crippen molar-refractivity contribution in [2.24, 2.45) is 0 Å². The predicted octanol–water partition coefficient (Wildman–Crippen LogP) is 4.01. The van der Waals surface area contributed by atoms with Crippen LogP contribution in [0.1, 0.15) is 22.0 Å². The number of para-hydroxylation sites is 1. The van der Waals surface area contributed by atoms with E-state index in [2.05, 4.69) is 23.6 Å². The fraction of sp³-hybridized carbons (Fsp3) is 0.259. The van der Waals surface area contributed by atoms with Gasteiger partial charge in [-0.05, 0) is 18.2 Å². The molecule has 2 aliphatic rings. The largest absolute Gasteiger partial charge is 0.416 e. The summed E-state index contributed by atoms with van der Waals surface area (Å²) in [5.41, 5.74) is 0.508. The molecule has 8 nitrogen and oxygen atoms in total. The highest BCUT2D eigenvalue weighted by Gasteiger charge is 2.38. The van der Waals surface area contributed by atoms with Crippen LogP contribution < -0.4 is 5.32 Å². The maximum absolute atomic E-state index is 13.5. The Labute approximate surface area is 224 Å². The van der Waals surface area contributed by atoms with Crippen LogP contribution in [0.2, 0.25) is 0 Å². The number of alkyl halides is 3. The minimum absolute atomic E-state index is 0.0818. The number of hydrogen-bond donors (Lipinski definition) is 1. The van der Waals surface area contributed by atoms with Gasteiger partial charge >= 0.3 is 6.18 Å². The van der Waals surface area contributed by atoms with Crippen LogP contribution >= 0.6 is 0 Å². The molecule has 3 heterocycles. The molecule has 0 unspecified atom stereocenters. The van der Waals surface area contributed by atoms with Crippen LogP contribution in [0.25, 0.3) is 22.2 Å². The lowest BCUT2D eigenvalue weighted by Crippen LogP contribution is -2.61. The van der Waals surface area contributed by atoms with Crippen LogP contribution in [-0.2, 0) is 15.8 Å². The lowest BCUT2D eigenvalue weighted by molar-refractivity contribution is -0.137. The molecule has 2 saturated heterocycles. The number of carbonyl (C=O) groups excluding carboxylic acids is 3. The Hall–Kier alpha value is -4.55. The molecule has 2 aromatic carbocycles. The molecule has 1 aromatic heterocycles. The van der Waals surface area contributed by atoms with Gasteiger partial charge < -0.3 is 15.1 Å². The minimum atomic E-state index is -4.52. The molecule has 5 rings (SSSR count). The molecule has 0 atom stereocenters. The van der Waals surface area contributed by atoms with E-state index in [9.17, 15) is 36.3 Å². The Morgan fingerprint density at radius 2 is 1.55 bits per heavy atom. The predicted molar refractivity (Wildman–Crippen MR) is 134 cm³/mol. The Morgan fingerprint density at radius 3 is 2.12 bits per heavy atom. The Bertz CT molecular complexity index is 1550. The number of amides is 3. The zero-order valence-corrected chi connectivity index (χ0v) is 20.8. The Morgan fingerprint density at radius 1 is 0.900 bits per heavy atom. The number of hydrogen-bond acceptors (Lipinski definition) is 4. The van der Waals surface area contributed by atoms with Gasteiger partial charge in [-0.25, -0.2) is 8.78 Å². The van der Waals surface area contributed by atoms with Crippen LogP contribution in [0.3, 0.4) is 0 Å². The van der Waals surface area contributed by atoms with Crippen molar-refractivity contribution in [3.05, 3.63) is 78.4 Å². The summed E-state index contributed by atoms with van der Waals surface area (Å²) in [6.45, 7) is 6.37. The molecule has 0 aliphatic carbocycles. The number of benzene rings is 2. The molecule has 3 amide bonds. The van der Waals surface area contributed by atoms with E-state index in [1.807, 2.05) is 0 Å². The summed E-state index contributed by atoms with van der Waals surface area (Å²) in [6, 6.07) is 8.41. The molecule has 0 spiro atoms. The van der Waals surface area contributed by atoms with Gasteiger partial charge in [0.15, 0.2) is 11.7 Å². The van der Waals surface area contributed by atoms with Crippen LogP contribution in [-0.4, -0.2) is 69.5 Å². The molecular weight excluding hydrogens is 537 g/mol. The van der Waals surface area contributed by atoms with Gasteiger partial charge in [-0.15, -0.1) is 0 Å². The third-order valence-corrected chi connectivity index (χ3v) is 6.92. The Kier molecular flexibility index (Phi) is 6.68. The molecule has 13 heteroatoms. The minimum Gasteiger partial charge on any atom is -0.344 e. The maximum atomic E-state index is 13.5. The molecule has 1 N–H and O–H groups in total. The molecule has 208 valence electrons. The van der Waals surface area contributed by atoms with Gasteiger partial charge in [0.05, 0.1) is 28.7 Å². The number of aromatic nitrogens is 2. The van der Waals surface area contributed by atoms with E-state index in [4.69, 9.17) is 0 Å². The quantitative estimate of drug-likeness (QED) is 0.365. The second kappa shape index (κ2) is 9.88. The summed E-state index contributed by atoms with van der Waals surface area (Å²) in [6.07, 6.45) is -4.52. The van der Waals surface area contributed by atoms with Crippen molar-refractivity contribution in [2.45, 2.75) is 18.3 Å². The van der Waals surface area contributed by atoms with Gasteiger partial charge in [0.2, 0.25) is 0 Å². The maximum Gasteiger partial charge on any atom is 0.416 e. The molecule has 0 bridgehead atoms. The third kappa shape index (κ3) is 4.82. The summed E-state index contributed by atoms with van der Waals surface area (Å²) in [5, 5.41) is 7.55. The summed E-state index contributed by atoms with van der Waals surface area (Å²) in [7, 11) is 0. The van der Waals surface area contributed by atoms with E-state index in [-0.39, 0.29) is 31.7 Å². The van der Waals surface area contributed by atoms with Crippen molar-refractivity contribution in [2.75, 3.05) is 26.2 Å². The topological polar surface area (TPSA) is 87.5 Å². The molecule has 0 radical (unpaired) electrons. The van der Waals surface area contributed by atoms with Crippen LogP contribution in [0.4, 0.5) is 22.0 Å². The van der Waals surface area contributed by atoms with E-state index in [1.54, 1.807) is 18.2 Å². The molecule has 2 aliphatic heterocycles. The lowest BCUT2D eigenvalue weighted by atomic mass is 10.0. The van der Waals surface area contributed by atoms with Crippen molar-refractivity contribution in [3.8, 4) is 11.3 Å². The van der Waals surface area contributed by atoms with Crippen molar-refractivity contribution in [1.82, 2.24) is 24.9 Å². The zero-order valence-electron chi connectivity index (χ0n) is 20.8. The zero-order chi connectivity index (χ0) is 28.9. The van der Waals surface area contributed by atoms with Crippen LogP contribution in [0.5, 0.6) is 0 Å². The number of halogens is 5. The van der Waals surface area contributed by atoms with Gasteiger partial charge in [-0.2, -0.15) is 18.3 Å². The standard InChI is InChI=1S/C27H22F5N5O3/c1-14(28)24(38)33-18-10-35(11-18)26(40)21-5-3-4-20-22(16-6-8-17(9-7-16)27(30,31)32)34-37(23(20)21)19-12-36(13-19)25(39)15(2)29/h3-9,18-19H,1-2,10-13H2,(H,33,38). The highest BCUT2D eigenvalue weighted by molar-refractivity contribution is 6.09. The second-order valence-corrected chi connectivity index (χ2v) is 9.62. The lowest BCUT2D eigenvalue weighted by Gasteiger charge is -2.40. The normalized spacial score (nSPS) is 15.9. The van der Waals surface area contributed by atoms with E-state index < -0.39 is 53.2 Å². The van der Waals surface area contributed by atoms with Crippen molar-refractivity contribution >= 4 is 28.6 Å².